The molecule has 2 rings (SSSR count). The fraction of sp³-hybridized carbons (Fsp3) is 0.214. The Kier molecular flexibility index (Phi) is 5.13. The van der Waals surface area contributed by atoms with Gasteiger partial charge in [0.2, 0.25) is 5.91 Å². The first kappa shape index (κ1) is 14.2. The number of hydrogen-bond acceptors (Lipinski definition) is 3. The summed E-state index contributed by atoms with van der Waals surface area (Å²) in [5.41, 5.74) is 1.84. The van der Waals surface area contributed by atoms with Crippen molar-refractivity contribution in [3.8, 4) is 0 Å². The van der Waals surface area contributed by atoms with Crippen LogP contribution in [0.4, 0.5) is 5.69 Å². The Hall–Kier alpha value is -1.17. The fourth-order valence-corrected chi connectivity index (χ4v) is 3.18. The third-order valence-electron chi connectivity index (χ3n) is 2.60. The third kappa shape index (κ3) is 4.45. The summed E-state index contributed by atoms with van der Waals surface area (Å²) in [5.74, 6) is -0.0238. The number of thiophene rings is 1. The van der Waals surface area contributed by atoms with E-state index in [0.29, 0.717) is 12.8 Å². The summed E-state index contributed by atoms with van der Waals surface area (Å²) < 4.78 is 1.03. The summed E-state index contributed by atoms with van der Waals surface area (Å²) in [4.78, 5) is 12.9. The van der Waals surface area contributed by atoms with Crippen LogP contribution in [0.2, 0.25) is 0 Å². The highest BCUT2D eigenvalue weighted by atomic mass is 79.9. The van der Waals surface area contributed by atoms with Crippen LogP contribution in [0.15, 0.2) is 40.2 Å². The van der Waals surface area contributed by atoms with Gasteiger partial charge in [-0.3, -0.25) is 4.79 Å². The van der Waals surface area contributed by atoms with Crippen LogP contribution in [0.25, 0.3) is 0 Å². The summed E-state index contributed by atoms with van der Waals surface area (Å²) in [7, 11) is 0. The lowest BCUT2D eigenvalue weighted by Crippen LogP contribution is -2.13. The summed E-state index contributed by atoms with van der Waals surface area (Å²) in [6.07, 6.45) is 1.02. The second-order valence-electron chi connectivity index (χ2n) is 4.10. The maximum Gasteiger partial charge on any atom is 0.229 e. The van der Waals surface area contributed by atoms with E-state index in [1.54, 1.807) is 11.3 Å². The second kappa shape index (κ2) is 6.84. The Morgan fingerprint density at radius 1 is 1.21 bits per heavy atom. The molecule has 0 saturated heterocycles. The average molecular weight is 340 g/mol. The number of nitrogens with one attached hydrogen (secondary N) is 1. The predicted octanol–water partition coefficient (Wildman–Crippen LogP) is 3.23. The van der Waals surface area contributed by atoms with Gasteiger partial charge in [0.25, 0.3) is 0 Å². The number of benzene rings is 1. The van der Waals surface area contributed by atoms with Crippen molar-refractivity contribution in [2.75, 3.05) is 11.9 Å². The van der Waals surface area contributed by atoms with Crippen molar-refractivity contribution < 1.29 is 9.90 Å². The summed E-state index contributed by atoms with van der Waals surface area (Å²) in [5, 5.41) is 11.7. The van der Waals surface area contributed by atoms with Crippen LogP contribution < -0.4 is 5.32 Å². The molecule has 2 aromatic rings. The molecule has 0 aliphatic carbocycles. The van der Waals surface area contributed by atoms with Gasteiger partial charge in [0.15, 0.2) is 0 Å². The van der Waals surface area contributed by atoms with Gasteiger partial charge < -0.3 is 10.4 Å². The van der Waals surface area contributed by atoms with Gasteiger partial charge in [0.1, 0.15) is 0 Å². The maximum absolute atomic E-state index is 11.8. The summed E-state index contributed by atoms with van der Waals surface area (Å²) in [6, 6.07) is 11.4. The molecule has 1 aromatic carbocycles. The van der Waals surface area contributed by atoms with Gasteiger partial charge in [0.05, 0.1) is 10.2 Å². The molecule has 100 valence electrons. The van der Waals surface area contributed by atoms with Crippen LogP contribution in [0, 0.1) is 0 Å². The van der Waals surface area contributed by atoms with Gasteiger partial charge in [-0.25, -0.2) is 0 Å². The molecule has 0 spiro atoms. The van der Waals surface area contributed by atoms with Gasteiger partial charge in [-0.2, -0.15) is 0 Å². The van der Waals surface area contributed by atoms with E-state index in [1.807, 2.05) is 36.4 Å². The van der Waals surface area contributed by atoms with Crippen LogP contribution in [-0.4, -0.2) is 17.6 Å². The number of amides is 1. The predicted molar refractivity (Wildman–Crippen MR) is 81.6 cm³/mol. The largest absolute Gasteiger partial charge is 0.396 e. The maximum atomic E-state index is 11.8. The number of rotatable bonds is 5. The number of hydrogen-bond donors (Lipinski definition) is 2. The van der Waals surface area contributed by atoms with Gasteiger partial charge in [0, 0.05) is 17.2 Å². The summed E-state index contributed by atoms with van der Waals surface area (Å²) >= 11 is 4.94. The van der Waals surface area contributed by atoms with Crippen molar-refractivity contribution in [3.05, 3.63) is 50.6 Å². The van der Waals surface area contributed by atoms with Gasteiger partial charge in [-0.05, 0) is 52.2 Å². The molecular formula is C14H14BrNO2S. The van der Waals surface area contributed by atoms with Gasteiger partial charge in [-0.1, -0.05) is 12.1 Å². The van der Waals surface area contributed by atoms with E-state index >= 15 is 0 Å². The average Bonchev–Trinajstić information content (AvgIpc) is 2.77. The van der Waals surface area contributed by atoms with Crippen molar-refractivity contribution in [2.24, 2.45) is 0 Å². The number of aliphatic hydroxyl groups is 1. The number of anilines is 1. The molecule has 0 aliphatic heterocycles. The van der Waals surface area contributed by atoms with Crippen LogP contribution in [0.1, 0.15) is 10.4 Å². The lowest BCUT2D eigenvalue weighted by molar-refractivity contribution is -0.115. The Morgan fingerprint density at radius 3 is 2.53 bits per heavy atom. The molecule has 0 bridgehead atoms. The van der Waals surface area contributed by atoms with Gasteiger partial charge in [-0.15, -0.1) is 11.3 Å². The van der Waals surface area contributed by atoms with Crippen molar-refractivity contribution >= 4 is 38.9 Å². The number of carbonyl (C=O) groups excluding carboxylic acids is 1. The highest BCUT2D eigenvalue weighted by molar-refractivity contribution is 9.11. The first-order valence-electron chi connectivity index (χ1n) is 5.91. The molecule has 19 heavy (non-hydrogen) atoms. The Labute approximate surface area is 124 Å². The van der Waals surface area contributed by atoms with E-state index in [4.69, 9.17) is 5.11 Å². The highest BCUT2D eigenvalue weighted by Gasteiger charge is 2.06. The molecule has 0 aliphatic rings. The van der Waals surface area contributed by atoms with Crippen molar-refractivity contribution in [2.45, 2.75) is 12.8 Å². The van der Waals surface area contributed by atoms with E-state index in [9.17, 15) is 4.79 Å². The molecule has 0 unspecified atom stereocenters. The van der Waals surface area contributed by atoms with Crippen LogP contribution >= 0.6 is 27.3 Å². The molecule has 0 atom stereocenters. The van der Waals surface area contributed by atoms with Crippen molar-refractivity contribution in [1.82, 2.24) is 0 Å². The zero-order valence-electron chi connectivity index (χ0n) is 10.2. The Balaban J connectivity index is 1.91. The minimum absolute atomic E-state index is 0.0238. The zero-order valence-corrected chi connectivity index (χ0v) is 12.6. The highest BCUT2D eigenvalue weighted by Crippen LogP contribution is 2.22. The quantitative estimate of drug-likeness (QED) is 0.878. The van der Waals surface area contributed by atoms with E-state index in [-0.39, 0.29) is 12.5 Å². The van der Waals surface area contributed by atoms with Crippen LogP contribution in [0.3, 0.4) is 0 Å². The molecule has 0 radical (unpaired) electrons. The second-order valence-corrected chi connectivity index (χ2v) is 6.65. The third-order valence-corrected chi connectivity index (χ3v) is 4.23. The lowest BCUT2D eigenvalue weighted by atomic mass is 10.1. The molecule has 0 fully saturated rings. The normalized spacial score (nSPS) is 10.4. The molecule has 5 heteroatoms. The number of aliphatic hydroxyl groups excluding tert-OH is 1. The molecular weight excluding hydrogens is 326 g/mol. The fourth-order valence-electron chi connectivity index (χ4n) is 1.69. The molecule has 1 aromatic heterocycles. The van der Waals surface area contributed by atoms with Crippen molar-refractivity contribution in [3.63, 3.8) is 0 Å². The van der Waals surface area contributed by atoms with Crippen molar-refractivity contribution in [1.29, 1.82) is 0 Å². The van der Waals surface area contributed by atoms with E-state index in [1.165, 1.54) is 0 Å². The monoisotopic (exact) mass is 339 g/mol. The molecule has 0 saturated carbocycles. The minimum Gasteiger partial charge on any atom is -0.396 e. The van der Waals surface area contributed by atoms with E-state index in [0.717, 1.165) is 19.9 Å². The first-order chi connectivity index (χ1) is 9.17. The van der Waals surface area contributed by atoms with E-state index in [2.05, 4.69) is 21.2 Å². The molecule has 3 nitrogen and oxygen atoms in total. The standard InChI is InChI=1S/C14H14BrNO2S/c15-13-6-5-12(19-13)9-14(18)16-11-3-1-10(2-4-11)7-8-17/h1-6,17H,7-9H2,(H,16,18). The lowest BCUT2D eigenvalue weighted by Gasteiger charge is -2.05. The SMILES string of the molecule is O=C(Cc1ccc(Br)s1)Nc1ccc(CCO)cc1. The smallest absolute Gasteiger partial charge is 0.229 e. The molecule has 2 N–H and O–H groups in total. The number of carbonyl (C=O) groups is 1. The Morgan fingerprint density at radius 2 is 1.95 bits per heavy atom. The minimum atomic E-state index is -0.0238. The summed E-state index contributed by atoms with van der Waals surface area (Å²) in [6.45, 7) is 0.138. The first-order valence-corrected chi connectivity index (χ1v) is 7.52. The zero-order chi connectivity index (χ0) is 13.7. The van der Waals surface area contributed by atoms with Gasteiger partial charge >= 0.3 is 0 Å². The molecule has 1 amide bonds. The van der Waals surface area contributed by atoms with E-state index < -0.39 is 0 Å². The van der Waals surface area contributed by atoms with Crippen LogP contribution in [-0.2, 0) is 17.6 Å². The number of halogens is 1. The van der Waals surface area contributed by atoms with Crippen LogP contribution in [0.5, 0.6) is 0 Å². The molecule has 1 heterocycles. The topological polar surface area (TPSA) is 49.3 Å². The Bertz CT molecular complexity index is 551.